The number of imide groups is 1. The third kappa shape index (κ3) is 2.73. The fourth-order valence-electron chi connectivity index (χ4n) is 2.17. The Kier molecular flexibility index (Phi) is 4.42. The summed E-state index contributed by atoms with van der Waals surface area (Å²) in [7, 11) is 0. The van der Waals surface area contributed by atoms with E-state index in [0.29, 0.717) is 0 Å². The van der Waals surface area contributed by atoms with Gasteiger partial charge in [-0.15, -0.1) is 0 Å². The Morgan fingerprint density at radius 2 is 1.88 bits per heavy atom. The Labute approximate surface area is 108 Å². The molecule has 0 aliphatic carbocycles. The van der Waals surface area contributed by atoms with Crippen molar-refractivity contribution in [2.24, 2.45) is 11.8 Å². The van der Waals surface area contributed by atoms with Gasteiger partial charge in [-0.2, -0.15) is 0 Å². The first-order valence-corrected chi connectivity index (χ1v) is 6.84. The van der Waals surface area contributed by atoms with Crippen LogP contribution in [-0.2, 0) is 4.79 Å². The van der Waals surface area contributed by atoms with Crippen LogP contribution < -0.4 is 0 Å². The Morgan fingerprint density at radius 3 is 2.29 bits per heavy atom. The lowest BCUT2D eigenvalue weighted by molar-refractivity contribution is -0.133. The summed E-state index contributed by atoms with van der Waals surface area (Å²) in [4.78, 5) is 25.7. The maximum Gasteiger partial charge on any atom is 0.289 e. The number of carbonyl (C=O) groups is 2. The highest BCUT2D eigenvalue weighted by Gasteiger charge is 2.41. The van der Waals surface area contributed by atoms with E-state index in [2.05, 4.69) is 6.58 Å². The van der Waals surface area contributed by atoms with Gasteiger partial charge in [-0.1, -0.05) is 51.6 Å². The maximum absolute atomic E-state index is 12.2. The molecule has 1 fully saturated rings. The molecule has 1 rings (SSSR count). The van der Waals surface area contributed by atoms with Crippen molar-refractivity contribution < 1.29 is 9.59 Å². The van der Waals surface area contributed by atoms with E-state index in [1.807, 2.05) is 34.6 Å². The predicted molar refractivity (Wildman–Crippen MR) is 71.9 cm³/mol. The second kappa shape index (κ2) is 5.25. The lowest BCUT2D eigenvalue weighted by Gasteiger charge is -2.39. The Hall–Kier alpha value is -0.770. The summed E-state index contributed by atoms with van der Waals surface area (Å²) >= 11 is 1.25. The fraction of sp³-hybridized carbons (Fsp3) is 0.692. The highest BCUT2D eigenvalue weighted by atomic mass is 32.2. The molecule has 0 aromatic rings. The normalized spacial score (nSPS) is 27.5. The molecule has 1 saturated heterocycles. The van der Waals surface area contributed by atoms with E-state index in [0.717, 1.165) is 5.57 Å². The van der Waals surface area contributed by atoms with Crippen molar-refractivity contribution >= 4 is 22.9 Å². The second-order valence-electron chi connectivity index (χ2n) is 5.12. The third-order valence-corrected chi connectivity index (χ3v) is 4.41. The molecular weight excluding hydrogens is 234 g/mol. The van der Waals surface area contributed by atoms with Crippen LogP contribution >= 0.6 is 11.8 Å². The summed E-state index contributed by atoms with van der Waals surface area (Å²) in [5.41, 5.74) is 0.865. The van der Waals surface area contributed by atoms with Crippen molar-refractivity contribution in [1.82, 2.24) is 4.90 Å². The van der Waals surface area contributed by atoms with Crippen LogP contribution in [0.5, 0.6) is 0 Å². The van der Waals surface area contributed by atoms with Gasteiger partial charge >= 0.3 is 0 Å². The summed E-state index contributed by atoms with van der Waals surface area (Å²) < 4.78 is 0. The van der Waals surface area contributed by atoms with E-state index in [9.17, 15) is 9.59 Å². The number of hydrogen-bond donors (Lipinski definition) is 0. The highest BCUT2D eigenvalue weighted by Crippen LogP contribution is 2.34. The zero-order valence-electron chi connectivity index (χ0n) is 11.2. The molecule has 3 atom stereocenters. The molecule has 0 saturated carbocycles. The highest BCUT2D eigenvalue weighted by molar-refractivity contribution is 8.14. The minimum absolute atomic E-state index is 0.0594. The minimum atomic E-state index is -0.183. The summed E-state index contributed by atoms with van der Waals surface area (Å²) in [5.74, 6) is 0.0165. The molecule has 0 unspecified atom stereocenters. The molecule has 4 heteroatoms. The average Bonchev–Trinajstić information content (AvgIpc) is 2.19. The molecule has 96 valence electrons. The van der Waals surface area contributed by atoms with Gasteiger partial charge in [0.05, 0.1) is 6.04 Å². The van der Waals surface area contributed by atoms with Crippen LogP contribution in [0.15, 0.2) is 12.2 Å². The third-order valence-electron chi connectivity index (χ3n) is 3.23. The molecule has 0 spiro atoms. The SMILES string of the molecule is C=C(C)[C@H](C(C)C)N1C(=O)S[C@H](C)[C@@H](C)C1=O. The molecule has 0 N–H and O–H groups in total. The van der Waals surface area contributed by atoms with Crippen LogP contribution in [0.25, 0.3) is 0 Å². The summed E-state index contributed by atoms with van der Waals surface area (Å²) in [6, 6.07) is -0.183. The smallest absolute Gasteiger partial charge is 0.274 e. The van der Waals surface area contributed by atoms with Crippen LogP contribution in [0.4, 0.5) is 4.79 Å². The lowest BCUT2D eigenvalue weighted by atomic mass is 9.94. The van der Waals surface area contributed by atoms with Crippen molar-refractivity contribution in [2.75, 3.05) is 0 Å². The van der Waals surface area contributed by atoms with Crippen molar-refractivity contribution in [1.29, 1.82) is 0 Å². The minimum Gasteiger partial charge on any atom is -0.274 e. The summed E-state index contributed by atoms with van der Waals surface area (Å²) in [5, 5.41) is -0.0773. The van der Waals surface area contributed by atoms with Gasteiger partial charge < -0.3 is 0 Å². The van der Waals surface area contributed by atoms with Gasteiger partial charge in [-0.3, -0.25) is 14.5 Å². The summed E-state index contributed by atoms with van der Waals surface area (Å²) in [6.07, 6.45) is 0. The quantitative estimate of drug-likeness (QED) is 0.726. The Bertz CT molecular complexity index is 351. The fourth-order valence-corrected chi connectivity index (χ4v) is 3.12. The Balaban J connectivity index is 3.05. The zero-order chi connectivity index (χ0) is 13.3. The average molecular weight is 255 g/mol. The molecular formula is C13H21NO2S. The van der Waals surface area contributed by atoms with Crippen molar-refractivity contribution in [3.8, 4) is 0 Å². The number of rotatable bonds is 3. The molecule has 1 aliphatic heterocycles. The standard InChI is InChI=1S/C13H21NO2S/c1-7(2)11(8(3)4)14-12(15)9(5)10(6)17-13(14)16/h8-11H,1H2,2-6H3/t9-,10-,11-/m1/s1. The van der Waals surface area contributed by atoms with Crippen molar-refractivity contribution in [3.05, 3.63) is 12.2 Å². The van der Waals surface area contributed by atoms with Gasteiger partial charge in [-0.05, 0) is 12.8 Å². The van der Waals surface area contributed by atoms with Crippen LogP contribution in [0.3, 0.4) is 0 Å². The first kappa shape index (κ1) is 14.3. The maximum atomic E-state index is 12.2. The molecule has 1 aliphatic rings. The van der Waals surface area contributed by atoms with Crippen molar-refractivity contribution in [2.45, 2.75) is 45.9 Å². The van der Waals surface area contributed by atoms with E-state index in [1.165, 1.54) is 16.7 Å². The molecule has 1 heterocycles. The zero-order valence-corrected chi connectivity index (χ0v) is 12.0. The van der Waals surface area contributed by atoms with Gasteiger partial charge in [0.15, 0.2) is 0 Å². The molecule has 0 aromatic heterocycles. The van der Waals surface area contributed by atoms with Gasteiger partial charge in [-0.25, -0.2) is 0 Å². The van der Waals surface area contributed by atoms with Gasteiger partial charge in [0.25, 0.3) is 5.24 Å². The lowest BCUT2D eigenvalue weighted by Crippen LogP contribution is -2.53. The molecule has 2 amide bonds. The van der Waals surface area contributed by atoms with E-state index in [-0.39, 0.29) is 34.3 Å². The van der Waals surface area contributed by atoms with E-state index >= 15 is 0 Å². The topological polar surface area (TPSA) is 37.4 Å². The number of thioether (sulfide) groups is 1. The molecule has 0 radical (unpaired) electrons. The molecule has 0 bridgehead atoms. The van der Waals surface area contributed by atoms with Gasteiger partial charge in [0.2, 0.25) is 5.91 Å². The first-order chi connectivity index (χ1) is 7.77. The molecule has 17 heavy (non-hydrogen) atoms. The van der Waals surface area contributed by atoms with Crippen LogP contribution in [0.2, 0.25) is 0 Å². The van der Waals surface area contributed by atoms with Crippen LogP contribution in [-0.4, -0.2) is 27.3 Å². The number of carbonyl (C=O) groups excluding carboxylic acids is 2. The van der Waals surface area contributed by atoms with E-state index in [4.69, 9.17) is 0 Å². The predicted octanol–water partition coefficient (Wildman–Crippen LogP) is 3.31. The van der Waals surface area contributed by atoms with E-state index in [1.54, 1.807) is 0 Å². The van der Waals surface area contributed by atoms with Gasteiger partial charge in [0, 0.05) is 11.2 Å². The number of amides is 2. The monoisotopic (exact) mass is 255 g/mol. The second-order valence-corrected chi connectivity index (χ2v) is 6.45. The van der Waals surface area contributed by atoms with E-state index < -0.39 is 0 Å². The first-order valence-electron chi connectivity index (χ1n) is 5.96. The van der Waals surface area contributed by atoms with Crippen molar-refractivity contribution in [3.63, 3.8) is 0 Å². The molecule has 0 aromatic carbocycles. The van der Waals surface area contributed by atoms with Crippen LogP contribution in [0.1, 0.15) is 34.6 Å². The summed E-state index contributed by atoms with van der Waals surface area (Å²) in [6.45, 7) is 13.6. The van der Waals surface area contributed by atoms with Gasteiger partial charge in [0.1, 0.15) is 0 Å². The number of nitrogens with zero attached hydrogens (tertiary/aromatic N) is 1. The molecule has 3 nitrogen and oxygen atoms in total. The number of hydrogen-bond acceptors (Lipinski definition) is 3. The Morgan fingerprint density at radius 1 is 1.35 bits per heavy atom. The largest absolute Gasteiger partial charge is 0.289 e. The van der Waals surface area contributed by atoms with Crippen LogP contribution in [0, 0.1) is 11.8 Å².